The fraction of sp³-hybridized carbons (Fsp3) is 0. The standard InChI is InChI=1S/C16H9N5/c17-9-11-5-7-12(8-6-11)15-19-16-13-3-1-2-4-14(13)18-10-21(16)20-15/h1-8,10H. The molecule has 0 fully saturated rings. The van der Waals surface area contributed by atoms with Gasteiger partial charge in [0, 0.05) is 10.9 Å². The number of nitrogens with zero attached hydrogens (tertiary/aromatic N) is 5. The lowest BCUT2D eigenvalue weighted by molar-refractivity contribution is 0.938. The molecule has 2 heterocycles. The van der Waals surface area contributed by atoms with Crippen molar-refractivity contribution >= 4 is 16.6 Å². The second kappa shape index (κ2) is 4.39. The Morgan fingerprint density at radius 3 is 2.62 bits per heavy atom. The van der Waals surface area contributed by atoms with Gasteiger partial charge in [-0.2, -0.15) is 5.26 Å². The number of para-hydroxylation sites is 1. The van der Waals surface area contributed by atoms with Crippen molar-refractivity contribution in [3.05, 3.63) is 60.4 Å². The third-order valence-corrected chi connectivity index (χ3v) is 3.35. The van der Waals surface area contributed by atoms with Crippen LogP contribution in [0.15, 0.2) is 54.9 Å². The summed E-state index contributed by atoms with van der Waals surface area (Å²) < 4.78 is 1.68. The molecule has 4 rings (SSSR count). The van der Waals surface area contributed by atoms with Gasteiger partial charge in [0.1, 0.15) is 6.33 Å². The Hall–Kier alpha value is -3.26. The predicted octanol–water partition coefficient (Wildman–Crippen LogP) is 2.82. The van der Waals surface area contributed by atoms with E-state index >= 15 is 0 Å². The van der Waals surface area contributed by atoms with E-state index in [2.05, 4.69) is 21.1 Å². The normalized spacial score (nSPS) is 10.8. The molecule has 98 valence electrons. The molecule has 0 unspecified atom stereocenters. The lowest BCUT2D eigenvalue weighted by Crippen LogP contribution is -1.90. The largest absolute Gasteiger partial charge is 0.236 e. The van der Waals surface area contributed by atoms with E-state index in [9.17, 15) is 0 Å². The van der Waals surface area contributed by atoms with Crippen molar-refractivity contribution in [1.29, 1.82) is 5.26 Å². The van der Waals surface area contributed by atoms with Gasteiger partial charge < -0.3 is 0 Å². The van der Waals surface area contributed by atoms with Gasteiger partial charge in [0.05, 0.1) is 17.1 Å². The van der Waals surface area contributed by atoms with Crippen LogP contribution in [0.2, 0.25) is 0 Å². The highest BCUT2D eigenvalue weighted by atomic mass is 15.3. The van der Waals surface area contributed by atoms with E-state index in [4.69, 9.17) is 5.26 Å². The molecule has 0 saturated carbocycles. The fourth-order valence-electron chi connectivity index (χ4n) is 2.30. The topological polar surface area (TPSA) is 66.9 Å². The van der Waals surface area contributed by atoms with Crippen LogP contribution in [0.25, 0.3) is 27.9 Å². The van der Waals surface area contributed by atoms with Crippen molar-refractivity contribution in [3.8, 4) is 17.5 Å². The molecule has 4 aromatic rings. The zero-order valence-corrected chi connectivity index (χ0v) is 10.9. The molecule has 0 spiro atoms. The Kier molecular flexibility index (Phi) is 2.42. The summed E-state index contributed by atoms with van der Waals surface area (Å²) in [5.41, 5.74) is 3.17. The second-order valence-corrected chi connectivity index (χ2v) is 4.65. The quantitative estimate of drug-likeness (QED) is 0.534. The monoisotopic (exact) mass is 271 g/mol. The first-order chi connectivity index (χ1) is 10.3. The second-order valence-electron chi connectivity index (χ2n) is 4.65. The maximum Gasteiger partial charge on any atom is 0.182 e. The summed E-state index contributed by atoms with van der Waals surface area (Å²) in [6.45, 7) is 0. The SMILES string of the molecule is N#Cc1ccc(-c2nc3c4ccccc4ncn3n2)cc1. The summed E-state index contributed by atoms with van der Waals surface area (Å²) in [7, 11) is 0. The van der Waals surface area contributed by atoms with Crippen LogP contribution in [0.3, 0.4) is 0 Å². The molecule has 0 aliphatic carbocycles. The first-order valence-corrected chi connectivity index (χ1v) is 6.46. The van der Waals surface area contributed by atoms with Gasteiger partial charge >= 0.3 is 0 Å². The number of hydrogen-bond acceptors (Lipinski definition) is 4. The Labute approximate surface area is 120 Å². The Morgan fingerprint density at radius 2 is 1.81 bits per heavy atom. The molecular weight excluding hydrogens is 262 g/mol. The summed E-state index contributed by atoms with van der Waals surface area (Å²) in [4.78, 5) is 8.96. The molecule has 2 aromatic heterocycles. The third kappa shape index (κ3) is 1.82. The van der Waals surface area contributed by atoms with Gasteiger partial charge in [-0.15, -0.1) is 5.10 Å². The highest BCUT2D eigenvalue weighted by molar-refractivity contribution is 5.91. The lowest BCUT2D eigenvalue weighted by Gasteiger charge is -1.96. The van der Waals surface area contributed by atoms with Crippen molar-refractivity contribution < 1.29 is 0 Å². The molecule has 0 bridgehead atoms. The van der Waals surface area contributed by atoms with Gasteiger partial charge in [-0.25, -0.2) is 14.5 Å². The van der Waals surface area contributed by atoms with E-state index in [1.54, 1.807) is 23.0 Å². The van der Waals surface area contributed by atoms with Crippen LogP contribution in [-0.2, 0) is 0 Å². The van der Waals surface area contributed by atoms with Gasteiger partial charge in [-0.05, 0) is 36.4 Å². The minimum absolute atomic E-state index is 0.620. The molecule has 0 radical (unpaired) electrons. The molecule has 0 saturated heterocycles. The van der Waals surface area contributed by atoms with Crippen LogP contribution in [-0.4, -0.2) is 19.6 Å². The number of fused-ring (bicyclic) bond motifs is 3. The summed E-state index contributed by atoms with van der Waals surface area (Å²) in [5, 5.41) is 14.3. The summed E-state index contributed by atoms with van der Waals surface area (Å²) in [6, 6.07) is 17.2. The molecule has 5 heteroatoms. The first kappa shape index (κ1) is 11.6. The van der Waals surface area contributed by atoms with E-state index in [0.29, 0.717) is 11.4 Å². The highest BCUT2D eigenvalue weighted by Gasteiger charge is 2.09. The highest BCUT2D eigenvalue weighted by Crippen LogP contribution is 2.21. The van der Waals surface area contributed by atoms with E-state index in [1.165, 1.54) is 0 Å². The van der Waals surface area contributed by atoms with Gasteiger partial charge in [0.15, 0.2) is 11.5 Å². The zero-order valence-electron chi connectivity index (χ0n) is 10.9. The van der Waals surface area contributed by atoms with Gasteiger partial charge in [-0.3, -0.25) is 0 Å². The molecular formula is C16H9N5. The van der Waals surface area contributed by atoms with Crippen molar-refractivity contribution in [1.82, 2.24) is 19.6 Å². The molecule has 0 atom stereocenters. The molecule has 0 aliphatic heterocycles. The molecule has 0 amide bonds. The number of rotatable bonds is 1. The van der Waals surface area contributed by atoms with E-state index in [1.807, 2.05) is 36.4 Å². The van der Waals surface area contributed by atoms with E-state index in [-0.39, 0.29) is 0 Å². The van der Waals surface area contributed by atoms with Crippen LogP contribution >= 0.6 is 0 Å². The van der Waals surface area contributed by atoms with Crippen LogP contribution in [0.4, 0.5) is 0 Å². The fourth-order valence-corrected chi connectivity index (χ4v) is 2.30. The number of aromatic nitrogens is 4. The molecule has 21 heavy (non-hydrogen) atoms. The Balaban J connectivity index is 1.94. The zero-order chi connectivity index (χ0) is 14.2. The Morgan fingerprint density at radius 1 is 1.00 bits per heavy atom. The number of benzene rings is 2. The van der Waals surface area contributed by atoms with E-state index in [0.717, 1.165) is 22.1 Å². The summed E-state index contributed by atoms with van der Waals surface area (Å²) >= 11 is 0. The maximum absolute atomic E-state index is 8.84. The van der Waals surface area contributed by atoms with Crippen molar-refractivity contribution in [3.63, 3.8) is 0 Å². The predicted molar refractivity (Wildman–Crippen MR) is 78.4 cm³/mol. The smallest absolute Gasteiger partial charge is 0.182 e. The minimum Gasteiger partial charge on any atom is -0.236 e. The molecule has 5 nitrogen and oxygen atoms in total. The van der Waals surface area contributed by atoms with Gasteiger partial charge in [0.25, 0.3) is 0 Å². The number of hydrogen-bond donors (Lipinski definition) is 0. The minimum atomic E-state index is 0.620. The lowest BCUT2D eigenvalue weighted by atomic mass is 10.1. The van der Waals surface area contributed by atoms with Crippen molar-refractivity contribution in [2.24, 2.45) is 0 Å². The van der Waals surface area contributed by atoms with Gasteiger partial charge in [0.2, 0.25) is 0 Å². The Bertz CT molecular complexity index is 993. The maximum atomic E-state index is 8.84. The summed E-state index contributed by atoms with van der Waals surface area (Å²) in [6.07, 6.45) is 1.66. The van der Waals surface area contributed by atoms with Crippen LogP contribution < -0.4 is 0 Å². The number of nitriles is 1. The van der Waals surface area contributed by atoms with Crippen molar-refractivity contribution in [2.45, 2.75) is 0 Å². The van der Waals surface area contributed by atoms with Gasteiger partial charge in [-0.1, -0.05) is 12.1 Å². The molecule has 2 aromatic carbocycles. The molecule has 0 aliphatic rings. The molecule has 0 N–H and O–H groups in total. The average molecular weight is 271 g/mol. The van der Waals surface area contributed by atoms with E-state index < -0.39 is 0 Å². The van der Waals surface area contributed by atoms with Crippen LogP contribution in [0, 0.1) is 11.3 Å². The van der Waals surface area contributed by atoms with Crippen LogP contribution in [0.1, 0.15) is 5.56 Å². The third-order valence-electron chi connectivity index (χ3n) is 3.35. The average Bonchev–Trinajstić information content (AvgIpc) is 2.99. The first-order valence-electron chi connectivity index (χ1n) is 6.46. The van der Waals surface area contributed by atoms with Crippen molar-refractivity contribution in [2.75, 3.05) is 0 Å². The summed E-state index contributed by atoms with van der Waals surface area (Å²) in [5.74, 6) is 0.623. The van der Waals surface area contributed by atoms with Crippen LogP contribution in [0.5, 0.6) is 0 Å².